The summed E-state index contributed by atoms with van der Waals surface area (Å²) in [5.74, 6) is -7.01. The van der Waals surface area contributed by atoms with E-state index in [1.54, 1.807) is 0 Å². The molecule has 0 fully saturated rings. The zero-order chi connectivity index (χ0) is 14.3. The highest BCUT2D eigenvalue weighted by Crippen LogP contribution is 2.46. The number of alkyl halides is 5. The maximum absolute atomic E-state index is 13.2. The molecule has 0 atom stereocenters. The Labute approximate surface area is 96.5 Å². The number of aromatic nitrogens is 3. The van der Waals surface area contributed by atoms with Crippen molar-refractivity contribution < 1.29 is 26.9 Å². The smallest absolute Gasteiger partial charge is 0.358 e. The van der Waals surface area contributed by atoms with Crippen molar-refractivity contribution in [2.24, 2.45) is 0 Å². The summed E-state index contributed by atoms with van der Waals surface area (Å²) in [6.07, 6.45) is -5.97. The predicted molar refractivity (Wildman–Crippen MR) is 47.0 cm³/mol. The van der Waals surface area contributed by atoms with Gasteiger partial charge in [0, 0.05) is 0 Å². The Kier molecular flexibility index (Phi) is 3.28. The standard InChI is InChI=1S/C7H7F5N4O2/c1-3(2)15-4(5(13-14-15)16(17)18)6(8,9)7(10,11)12/h3H,1-2H3. The van der Waals surface area contributed by atoms with E-state index in [0.717, 1.165) is 0 Å². The molecular weight excluding hydrogens is 267 g/mol. The molecule has 0 amide bonds. The Morgan fingerprint density at radius 3 is 2.11 bits per heavy atom. The third-order valence-electron chi connectivity index (χ3n) is 1.99. The van der Waals surface area contributed by atoms with Crippen LogP contribution in [-0.2, 0) is 5.92 Å². The van der Waals surface area contributed by atoms with Crippen molar-refractivity contribution in [2.75, 3.05) is 0 Å². The van der Waals surface area contributed by atoms with Gasteiger partial charge in [-0.1, -0.05) is 0 Å². The second-order valence-corrected chi connectivity index (χ2v) is 3.63. The summed E-state index contributed by atoms with van der Waals surface area (Å²) in [7, 11) is 0. The van der Waals surface area contributed by atoms with E-state index in [9.17, 15) is 32.1 Å². The number of nitrogens with zero attached hydrogens (tertiary/aromatic N) is 4. The average molecular weight is 274 g/mol. The lowest BCUT2D eigenvalue weighted by atomic mass is 10.2. The molecule has 0 aliphatic rings. The van der Waals surface area contributed by atoms with Crippen molar-refractivity contribution in [1.29, 1.82) is 0 Å². The Balaban J connectivity index is 3.55. The summed E-state index contributed by atoms with van der Waals surface area (Å²) in [6.45, 7) is 2.49. The van der Waals surface area contributed by atoms with Gasteiger partial charge in [-0.15, -0.1) is 0 Å². The Hall–Kier alpha value is -1.81. The number of hydrogen-bond donors (Lipinski definition) is 0. The highest BCUT2D eigenvalue weighted by atomic mass is 19.4. The second-order valence-electron chi connectivity index (χ2n) is 3.63. The number of nitro groups is 1. The molecule has 0 radical (unpaired) electrons. The van der Waals surface area contributed by atoms with Crippen LogP contribution in [0.5, 0.6) is 0 Å². The SMILES string of the molecule is CC(C)n1nnc([N+](=O)[O-])c1C(F)(F)C(F)(F)F. The van der Waals surface area contributed by atoms with E-state index in [-0.39, 0.29) is 4.68 Å². The zero-order valence-electron chi connectivity index (χ0n) is 9.07. The first-order chi connectivity index (χ1) is 8.00. The number of halogens is 5. The third-order valence-corrected chi connectivity index (χ3v) is 1.99. The maximum Gasteiger partial charge on any atom is 0.460 e. The minimum absolute atomic E-state index is 0.186. The van der Waals surface area contributed by atoms with Gasteiger partial charge in [0.05, 0.1) is 11.3 Å². The van der Waals surface area contributed by atoms with Crippen LogP contribution >= 0.6 is 0 Å². The Morgan fingerprint density at radius 1 is 1.28 bits per heavy atom. The molecule has 6 nitrogen and oxygen atoms in total. The Bertz CT molecular complexity index is 467. The van der Waals surface area contributed by atoms with Crippen LogP contribution in [0.2, 0.25) is 0 Å². The summed E-state index contributed by atoms with van der Waals surface area (Å²) in [5.41, 5.74) is -1.87. The molecular formula is C7H7F5N4O2. The zero-order valence-corrected chi connectivity index (χ0v) is 9.07. The first-order valence-electron chi connectivity index (χ1n) is 4.54. The van der Waals surface area contributed by atoms with Crippen LogP contribution in [-0.4, -0.2) is 26.1 Å². The van der Waals surface area contributed by atoms with Gasteiger partial charge in [0.15, 0.2) is 0 Å². The fourth-order valence-corrected chi connectivity index (χ4v) is 1.19. The summed E-state index contributed by atoms with van der Waals surface area (Å²) < 4.78 is 63.3. The molecule has 102 valence electrons. The molecule has 0 saturated heterocycles. The lowest BCUT2D eigenvalue weighted by Gasteiger charge is -2.20. The number of rotatable bonds is 3. The van der Waals surface area contributed by atoms with E-state index < -0.39 is 34.6 Å². The van der Waals surface area contributed by atoms with E-state index in [1.807, 2.05) is 0 Å². The summed E-state index contributed by atoms with van der Waals surface area (Å²) >= 11 is 0. The maximum atomic E-state index is 13.2. The van der Waals surface area contributed by atoms with E-state index in [1.165, 1.54) is 13.8 Å². The average Bonchev–Trinajstić information content (AvgIpc) is 2.59. The topological polar surface area (TPSA) is 73.8 Å². The molecule has 0 spiro atoms. The molecule has 0 aliphatic heterocycles. The summed E-state index contributed by atoms with van der Waals surface area (Å²) in [4.78, 5) is 8.99. The molecule has 0 aromatic carbocycles. The minimum Gasteiger partial charge on any atom is -0.358 e. The van der Waals surface area contributed by atoms with Crippen LogP contribution in [0.3, 0.4) is 0 Å². The summed E-state index contributed by atoms with van der Waals surface area (Å²) in [6, 6.07) is -0.936. The third kappa shape index (κ3) is 2.11. The minimum atomic E-state index is -5.97. The molecule has 1 aromatic rings. The van der Waals surface area contributed by atoms with Gasteiger partial charge in [-0.05, 0) is 18.8 Å². The molecule has 0 aliphatic carbocycles. The predicted octanol–water partition coefficient (Wildman–Crippen LogP) is 2.42. The lowest BCUT2D eigenvalue weighted by Crippen LogP contribution is -2.36. The van der Waals surface area contributed by atoms with Crippen molar-refractivity contribution in [2.45, 2.75) is 32.0 Å². The van der Waals surface area contributed by atoms with Gasteiger partial charge in [0.2, 0.25) is 5.69 Å². The summed E-state index contributed by atoms with van der Waals surface area (Å²) in [5, 5.41) is 16.1. The van der Waals surface area contributed by atoms with E-state index >= 15 is 0 Å². The first kappa shape index (κ1) is 14.3. The fourth-order valence-electron chi connectivity index (χ4n) is 1.19. The quantitative estimate of drug-likeness (QED) is 0.482. The van der Waals surface area contributed by atoms with Crippen molar-refractivity contribution in [1.82, 2.24) is 15.0 Å². The fraction of sp³-hybridized carbons (Fsp3) is 0.714. The number of hydrogen-bond acceptors (Lipinski definition) is 4. The monoisotopic (exact) mass is 274 g/mol. The highest BCUT2D eigenvalue weighted by Gasteiger charge is 2.64. The van der Waals surface area contributed by atoms with Crippen LogP contribution in [0.25, 0.3) is 0 Å². The van der Waals surface area contributed by atoms with E-state index in [0.29, 0.717) is 0 Å². The van der Waals surface area contributed by atoms with Crippen LogP contribution < -0.4 is 0 Å². The van der Waals surface area contributed by atoms with Crippen molar-refractivity contribution in [3.05, 3.63) is 15.8 Å². The molecule has 0 N–H and O–H groups in total. The van der Waals surface area contributed by atoms with Crippen LogP contribution in [0.15, 0.2) is 0 Å². The molecule has 1 heterocycles. The van der Waals surface area contributed by atoms with Crippen molar-refractivity contribution in [3.63, 3.8) is 0 Å². The van der Waals surface area contributed by atoms with Crippen molar-refractivity contribution in [3.8, 4) is 0 Å². The van der Waals surface area contributed by atoms with Gasteiger partial charge >= 0.3 is 17.9 Å². The van der Waals surface area contributed by atoms with Crippen LogP contribution in [0.1, 0.15) is 25.6 Å². The lowest BCUT2D eigenvalue weighted by molar-refractivity contribution is -0.394. The normalized spacial score (nSPS) is 13.1. The molecule has 0 saturated carbocycles. The van der Waals surface area contributed by atoms with Gasteiger partial charge in [0.1, 0.15) is 5.10 Å². The molecule has 1 rings (SSSR count). The first-order valence-corrected chi connectivity index (χ1v) is 4.54. The molecule has 0 unspecified atom stereocenters. The Morgan fingerprint density at radius 2 is 1.78 bits per heavy atom. The van der Waals surface area contributed by atoms with E-state index in [4.69, 9.17) is 0 Å². The van der Waals surface area contributed by atoms with Gasteiger partial charge in [-0.2, -0.15) is 22.0 Å². The molecule has 1 aromatic heterocycles. The van der Waals surface area contributed by atoms with Gasteiger partial charge < -0.3 is 10.1 Å². The van der Waals surface area contributed by atoms with Gasteiger partial charge in [-0.25, -0.2) is 4.68 Å². The van der Waals surface area contributed by atoms with Crippen molar-refractivity contribution >= 4 is 5.82 Å². The second kappa shape index (κ2) is 4.14. The van der Waals surface area contributed by atoms with Crippen LogP contribution in [0, 0.1) is 10.1 Å². The molecule has 11 heteroatoms. The van der Waals surface area contributed by atoms with Crippen LogP contribution in [0.4, 0.5) is 27.8 Å². The highest BCUT2D eigenvalue weighted by molar-refractivity contribution is 5.30. The van der Waals surface area contributed by atoms with Gasteiger partial charge in [-0.3, -0.25) is 0 Å². The molecule has 0 bridgehead atoms. The largest absolute Gasteiger partial charge is 0.460 e. The van der Waals surface area contributed by atoms with E-state index in [2.05, 4.69) is 10.3 Å². The van der Waals surface area contributed by atoms with Gasteiger partial charge in [0.25, 0.3) is 0 Å². The molecule has 18 heavy (non-hydrogen) atoms.